The lowest BCUT2D eigenvalue weighted by Gasteiger charge is -2.29. The molecule has 106 valence electrons. The largest absolute Gasteiger partial charge is 0.480 e. The van der Waals surface area contributed by atoms with E-state index in [1.54, 1.807) is 0 Å². The fourth-order valence-electron chi connectivity index (χ4n) is 2.35. The zero-order chi connectivity index (χ0) is 14.3. The van der Waals surface area contributed by atoms with E-state index < -0.39 is 12.0 Å². The fourth-order valence-corrected chi connectivity index (χ4v) is 2.35. The number of aryl methyl sites for hydroxylation is 1. The number of rotatable bonds is 8. The minimum absolute atomic E-state index is 0.438. The summed E-state index contributed by atoms with van der Waals surface area (Å²) in [6.45, 7) is 6.80. The van der Waals surface area contributed by atoms with Crippen molar-refractivity contribution in [3.8, 4) is 0 Å². The van der Waals surface area contributed by atoms with Crippen molar-refractivity contribution in [2.75, 3.05) is 11.4 Å². The van der Waals surface area contributed by atoms with Crippen molar-refractivity contribution < 1.29 is 9.90 Å². The van der Waals surface area contributed by atoms with Gasteiger partial charge in [-0.1, -0.05) is 32.4 Å². The van der Waals surface area contributed by atoms with Crippen LogP contribution < -0.4 is 4.90 Å². The number of carboxylic acids is 1. The van der Waals surface area contributed by atoms with Gasteiger partial charge in [0.15, 0.2) is 0 Å². The first-order valence-corrected chi connectivity index (χ1v) is 7.22. The number of benzene rings is 1. The number of likely N-dealkylation sites (N-methyl/N-ethyl adjacent to an activating group) is 1. The first-order chi connectivity index (χ1) is 9.13. The Morgan fingerprint density at radius 3 is 2.26 bits per heavy atom. The summed E-state index contributed by atoms with van der Waals surface area (Å²) in [6, 6.07) is 7.87. The summed E-state index contributed by atoms with van der Waals surface area (Å²) in [4.78, 5) is 13.2. The monoisotopic (exact) mass is 263 g/mol. The van der Waals surface area contributed by atoms with Crippen LogP contribution in [0.2, 0.25) is 0 Å². The lowest BCUT2D eigenvalue weighted by atomic mass is 10.1. The number of carbonyl (C=O) groups is 1. The molecule has 1 N–H and O–H groups in total. The number of hydrogen-bond donors (Lipinski definition) is 1. The van der Waals surface area contributed by atoms with E-state index in [0.29, 0.717) is 13.0 Å². The molecule has 0 aliphatic carbocycles. The van der Waals surface area contributed by atoms with Gasteiger partial charge < -0.3 is 10.0 Å². The maximum atomic E-state index is 11.3. The smallest absolute Gasteiger partial charge is 0.326 e. The molecule has 0 radical (unpaired) electrons. The van der Waals surface area contributed by atoms with E-state index >= 15 is 0 Å². The first-order valence-electron chi connectivity index (χ1n) is 7.22. The van der Waals surface area contributed by atoms with Crippen molar-refractivity contribution in [2.24, 2.45) is 0 Å². The number of aliphatic carboxylic acids is 1. The minimum atomic E-state index is -0.751. The second-order valence-corrected chi connectivity index (χ2v) is 4.82. The van der Waals surface area contributed by atoms with Gasteiger partial charge in [0, 0.05) is 12.2 Å². The van der Waals surface area contributed by atoms with Crippen LogP contribution in [-0.4, -0.2) is 23.7 Å². The topological polar surface area (TPSA) is 40.5 Å². The highest BCUT2D eigenvalue weighted by Crippen LogP contribution is 2.20. The molecule has 1 aromatic rings. The number of nitrogens with zero attached hydrogens (tertiary/aromatic N) is 1. The minimum Gasteiger partial charge on any atom is -0.480 e. The van der Waals surface area contributed by atoms with Crippen molar-refractivity contribution in [1.29, 1.82) is 0 Å². The van der Waals surface area contributed by atoms with E-state index in [9.17, 15) is 9.90 Å². The molecule has 1 rings (SSSR count). The summed E-state index contributed by atoms with van der Waals surface area (Å²) >= 11 is 0. The van der Waals surface area contributed by atoms with Crippen molar-refractivity contribution in [2.45, 2.75) is 52.5 Å². The molecular formula is C16H25NO2. The first kappa shape index (κ1) is 15.5. The standard InChI is InChI=1S/C16H25NO2/c1-4-7-8-13-9-11-14(12-10-13)17(6-3)15(5-2)16(18)19/h9-12,15H,4-8H2,1-3H3,(H,18,19). The van der Waals surface area contributed by atoms with Gasteiger partial charge in [-0.05, 0) is 43.9 Å². The van der Waals surface area contributed by atoms with Gasteiger partial charge in [0.05, 0.1) is 0 Å². The molecule has 0 aliphatic heterocycles. The zero-order valence-electron chi connectivity index (χ0n) is 12.2. The maximum absolute atomic E-state index is 11.3. The second-order valence-electron chi connectivity index (χ2n) is 4.82. The molecule has 1 aromatic carbocycles. The van der Waals surface area contributed by atoms with Gasteiger partial charge in [0.1, 0.15) is 6.04 Å². The highest BCUT2D eigenvalue weighted by molar-refractivity contribution is 5.78. The quantitative estimate of drug-likeness (QED) is 0.777. The van der Waals surface area contributed by atoms with Crippen LogP contribution in [0.1, 0.15) is 45.6 Å². The molecular weight excluding hydrogens is 238 g/mol. The van der Waals surface area contributed by atoms with Crippen molar-refractivity contribution in [3.05, 3.63) is 29.8 Å². The molecule has 0 spiro atoms. The summed E-state index contributed by atoms with van der Waals surface area (Å²) in [5.41, 5.74) is 2.32. The Hall–Kier alpha value is -1.51. The van der Waals surface area contributed by atoms with Crippen LogP contribution in [0.25, 0.3) is 0 Å². The number of carboxylic acid groups (broad SMARTS) is 1. The lowest BCUT2D eigenvalue weighted by molar-refractivity contribution is -0.138. The van der Waals surface area contributed by atoms with Gasteiger partial charge in [-0.25, -0.2) is 4.79 Å². The maximum Gasteiger partial charge on any atom is 0.326 e. The Labute approximate surface area is 116 Å². The Balaban J connectivity index is 2.84. The van der Waals surface area contributed by atoms with Gasteiger partial charge in [-0.3, -0.25) is 0 Å². The predicted molar refractivity (Wildman–Crippen MR) is 79.8 cm³/mol. The molecule has 19 heavy (non-hydrogen) atoms. The van der Waals surface area contributed by atoms with E-state index in [0.717, 1.165) is 12.1 Å². The second kappa shape index (κ2) is 7.82. The zero-order valence-corrected chi connectivity index (χ0v) is 12.2. The summed E-state index contributed by atoms with van der Waals surface area (Å²) in [5, 5.41) is 9.27. The van der Waals surface area contributed by atoms with Gasteiger partial charge in [-0.2, -0.15) is 0 Å². The van der Waals surface area contributed by atoms with Crippen molar-refractivity contribution >= 4 is 11.7 Å². The van der Waals surface area contributed by atoms with E-state index in [1.165, 1.54) is 18.4 Å². The Kier molecular flexibility index (Phi) is 6.40. The van der Waals surface area contributed by atoms with Crippen LogP contribution in [0.3, 0.4) is 0 Å². The molecule has 0 heterocycles. The van der Waals surface area contributed by atoms with E-state index in [1.807, 2.05) is 30.9 Å². The molecule has 0 amide bonds. The van der Waals surface area contributed by atoms with Crippen LogP contribution in [-0.2, 0) is 11.2 Å². The molecule has 0 bridgehead atoms. The third kappa shape index (κ3) is 4.27. The molecule has 3 nitrogen and oxygen atoms in total. The molecule has 0 aromatic heterocycles. The summed E-state index contributed by atoms with van der Waals surface area (Å²) in [7, 11) is 0. The van der Waals surface area contributed by atoms with Crippen LogP contribution in [0.5, 0.6) is 0 Å². The average Bonchev–Trinajstić information content (AvgIpc) is 2.42. The summed E-state index contributed by atoms with van der Waals surface area (Å²) in [5.74, 6) is -0.751. The number of anilines is 1. The van der Waals surface area contributed by atoms with Gasteiger partial charge in [0.25, 0.3) is 0 Å². The van der Waals surface area contributed by atoms with Crippen LogP contribution in [0, 0.1) is 0 Å². The average molecular weight is 263 g/mol. The lowest BCUT2D eigenvalue weighted by Crippen LogP contribution is -2.40. The molecule has 0 saturated carbocycles. The predicted octanol–water partition coefficient (Wildman–Crippen LogP) is 3.72. The van der Waals surface area contributed by atoms with Crippen LogP contribution in [0.4, 0.5) is 5.69 Å². The number of hydrogen-bond acceptors (Lipinski definition) is 2. The van der Waals surface area contributed by atoms with Gasteiger partial charge in [-0.15, -0.1) is 0 Å². The van der Waals surface area contributed by atoms with Crippen molar-refractivity contribution in [1.82, 2.24) is 0 Å². The fraction of sp³-hybridized carbons (Fsp3) is 0.562. The molecule has 0 saturated heterocycles. The van der Waals surface area contributed by atoms with Crippen LogP contribution in [0.15, 0.2) is 24.3 Å². The van der Waals surface area contributed by atoms with E-state index in [4.69, 9.17) is 0 Å². The number of unbranched alkanes of at least 4 members (excludes halogenated alkanes) is 1. The normalized spacial score (nSPS) is 12.2. The highest BCUT2D eigenvalue weighted by Gasteiger charge is 2.22. The van der Waals surface area contributed by atoms with E-state index in [-0.39, 0.29) is 0 Å². The molecule has 1 atom stereocenters. The summed E-state index contributed by atoms with van der Waals surface area (Å²) < 4.78 is 0. The Morgan fingerprint density at radius 2 is 1.84 bits per heavy atom. The van der Waals surface area contributed by atoms with Crippen molar-refractivity contribution in [3.63, 3.8) is 0 Å². The SMILES string of the molecule is CCCCc1ccc(N(CC)C(CC)C(=O)O)cc1. The van der Waals surface area contributed by atoms with E-state index in [2.05, 4.69) is 19.1 Å². The third-order valence-corrected chi connectivity index (χ3v) is 3.48. The third-order valence-electron chi connectivity index (χ3n) is 3.48. The van der Waals surface area contributed by atoms with Gasteiger partial charge in [0.2, 0.25) is 0 Å². The molecule has 0 aliphatic rings. The Bertz CT molecular complexity index is 386. The molecule has 0 fully saturated rings. The van der Waals surface area contributed by atoms with Gasteiger partial charge >= 0.3 is 5.97 Å². The summed E-state index contributed by atoms with van der Waals surface area (Å²) in [6.07, 6.45) is 4.10. The molecule has 3 heteroatoms. The van der Waals surface area contributed by atoms with Crippen LogP contribution >= 0.6 is 0 Å². The highest BCUT2D eigenvalue weighted by atomic mass is 16.4. The Morgan fingerprint density at radius 1 is 1.21 bits per heavy atom. The molecule has 1 unspecified atom stereocenters.